The Morgan fingerprint density at radius 2 is 1.76 bits per heavy atom. The van der Waals surface area contributed by atoms with E-state index in [2.05, 4.69) is 15.9 Å². The Morgan fingerprint density at radius 1 is 1.00 bits per heavy atom. The summed E-state index contributed by atoms with van der Waals surface area (Å²) in [6.45, 7) is 0. The van der Waals surface area contributed by atoms with Crippen molar-refractivity contribution in [2.45, 2.75) is 6.42 Å². The molecule has 0 saturated heterocycles. The summed E-state index contributed by atoms with van der Waals surface area (Å²) in [6.07, 6.45) is 0.306. The minimum atomic E-state index is 0.0797. The molecule has 0 atom stereocenters. The first kappa shape index (κ1) is 14.3. The maximum Gasteiger partial charge on any atom is 0.167 e. The van der Waals surface area contributed by atoms with Crippen molar-refractivity contribution in [1.29, 1.82) is 0 Å². The van der Waals surface area contributed by atoms with E-state index in [1.54, 1.807) is 0 Å². The van der Waals surface area contributed by atoms with Crippen LogP contribution in [0.2, 0.25) is 5.02 Å². The second-order valence-electron chi connectivity index (χ2n) is 4.86. The number of hydrogen-bond acceptors (Lipinski definition) is 1. The molecule has 0 bridgehead atoms. The fraction of sp³-hybridized carbons (Fsp3) is 0.0556. The first-order valence-electron chi connectivity index (χ1n) is 6.60. The van der Waals surface area contributed by atoms with E-state index in [0.29, 0.717) is 11.4 Å². The van der Waals surface area contributed by atoms with Crippen LogP contribution >= 0.6 is 27.5 Å². The SMILES string of the molecule is O=C(Cc1ccc(Br)cc1Cl)c1cccc2ccccc12. The highest BCUT2D eigenvalue weighted by Crippen LogP contribution is 2.25. The molecule has 0 heterocycles. The summed E-state index contributed by atoms with van der Waals surface area (Å²) < 4.78 is 0.911. The monoisotopic (exact) mass is 358 g/mol. The van der Waals surface area contributed by atoms with E-state index in [4.69, 9.17) is 11.6 Å². The van der Waals surface area contributed by atoms with Gasteiger partial charge in [-0.15, -0.1) is 0 Å². The average Bonchev–Trinajstić information content (AvgIpc) is 2.49. The number of carbonyl (C=O) groups excluding carboxylic acids is 1. The van der Waals surface area contributed by atoms with Gasteiger partial charge in [0.15, 0.2) is 5.78 Å². The van der Waals surface area contributed by atoms with Crippen LogP contribution in [0.3, 0.4) is 0 Å². The van der Waals surface area contributed by atoms with Crippen LogP contribution in [-0.2, 0) is 6.42 Å². The fourth-order valence-corrected chi connectivity index (χ4v) is 3.14. The average molecular weight is 360 g/mol. The third kappa shape index (κ3) is 3.02. The number of Topliss-reactive ketones (excluding diaryl/α,β-unsaturated/α-hetero) is 1. The number of hydrogen-bond donors (Lipinski definition) is 0. The van der Waals surface area contributed by atoms with Crippen molar-refractivity contribution in [3.05, 3.63) is 81.3 Å². The molecule has 0 aromatic heterocycles. The van der Waals surface area contributed by atoms with Gasteiger partial charge in [-0.1, -0.05) is 76.1 Å². The van der Waals surface area contributed by atoms with Crippen molar-refractivity contribution in [2.75, 3.05) is 0 Å². The van der Waals surface area contributed by atoms with Gasteiger partial charge in [0, 0.05) is 21.5 Å². The second kappa shape index (κ2) is 6.00. The molecule has 0 aliphatic rings. The number of halogens is 2. The summed E-state index contributed by atoms with van der Waals surface area (Å²) in [5.41, 5.74) is 1.59. The van der Waals surface area contributed by atoms with E-state index in [-0.39, 0.29) is 5.78 Å². The lowest BCUT2D eigenvalue weighted by atomic mass is 9.97. The minimum Gasteiger partial charge on any atom is -0.294 e. The topological polar surface area (TPSA) is 17.1 Å². The number of rotatable bonds is 3. The van der Waals surface area contributed by atoms with Gasteiger partial charge < -0.3 is 0 Å². The van der Waals surface area contributed by atoms with Crippen LogP contribution in [0.15, 0.2) is 65.1 Å². The lowest BCUT2D eigenvalue weighted by Gasteiger charge is -2.07. The molecule has 0 saturated carbocycles. The molecule has 3 heteroatoms. The van der Waals surface area contributed by atoms with Gasteiger partial charge in [-0.3, -0.25) is 4.79 Å². The molecule has 3 aromatic rings. The zero-order chi connectivity index (χ0) is 14.8. The van der Waals surface area contributed by atoms with Gasteiger partial charge in [-0.05, 0) is 28.5 Å². The van der Waals surface area contributed by atoms with Crippen LogP contribution in [0.1, 0.15) is 15.9 Å². The van der Waals surface area contributed by atoms with E-state index >= 15 is 0 Å². The Morgan fingerprint density at radius 3 is 2.57 bits per heavy atom. The first-order valence-corrected chi connectivity index (χ1v) is 7.77. The molecular formula is C18H12BrClO. The van der Waals surface area contributed by atoms with Crippen molar-refractivity contribution in [2.24, 2.45) is 0 Å². The second-order valence-corrected chi connectivity index (χ2v) is 6.19. The van der Waals surface area contributed by atoms with Gasteiger partial charge in [0.2, 0.25) is 0 Å². The fourth-order valence-electron chi connectivity index (χ4n) is 2.40. The predicted molar refractivity (Wildman–Crippen MR) is 91.1 cm³/mol. The molecule has 1 nitrogen and oxygen atoms in total. The largest absolute Gasteiger partial charge is 0.294 e. The van der Waals surface area contributed by atoms with E-state index in [1.807, 2.05) is 60.7 Å². The number of ketones is 1. The van der Waals surface area contributed by atoms with Gasteiger partial charge in [-0.2, -0.15) is 0 Å². The zero-order valence-electron chi connectivity index (χ0n) is 11.1. The number of carbonyl (C=O) groups is 1. The Labute approximate surface area is 136 Å². The van der Waals surface area contributed by atoms with Gasteiger partial charge in [-0.25, -0.2) is 0 Å². The maximum absolute atomic E-state index is 12.6. The summed E-state index contributed by atoms with van der Waals surface area (Å²) >= 11 is 9.57. The highest BCUT2D eigenvalue weighted by molar-refractivity contribution is 9.10. The summed E-state index contributed by atoms with van der Waals surface area (Å²) in [5, 5.41) is 2.67. The Kier molecular flexibility index (Phi) is 4.09. The molecule has 0 radical (unpaired) electrons. The van der Waals surface area contributed by atoms with Crippen molar-refractivity contribution in [1.82, 2.24) is 0 Å². The predicted octanol–water partition coefficient (Wildman–Crippen LogP) is 5.68. The Bertz CT molecular complexity index is 821. The highest BCUT2D eigenvalue weighted by atomic mass is 79.9. The third-order valence-electron chi connectivity index (χ3n) is 3.46. The summed E-state index contributed by atoms with van der Waals surface area (Å²) in [6, 6.07) is 19.3. The van der Waals surface area contributed by atoms with Crippen LogP contribution in [-0.4, -0.2) is 5.78 Å². The van der Waals surface area contributed by atoms with Crippen LogP contribution in [0, 0.1) is 0 Å². The molecule has 0 spiro atoms. The summed E-state index contributed by atoms with van der Waals surface area (Å²) in [4.78, 5) is 12.6. The van der Waals surface area contributed by atoms with Crippen molar-refractivity contribution in [3.63, 3.8) is 0 Å². The van der Waals surface area contributed by atoms with E-state index in [9.17, 15) is 4.79 Å². The van der Waals surface area contributed by atoms with Gasteiger partial charge in [0.25, 0.3) is 0 Å². The molecule has 104 valence electrons. The van der Waals surface area contributed by atoms with Gasteiger partial charge >= 0.3 is 0 Å². The summed E-state index contributed by atoms with van der Waals surface area (Å²) in [7, 11) is 0. The van der Waals surface area contributed by atoms with E-state index in [1.165, 1.54) is 0 Å². The lowest BCUT2D eigenvalue weighted by molar-refractivity contribution is 0.0994. The van der Waals surface area contributed by atoms with Crippen molar-refractivity contribution < 1.29 is 4.79 Å². The molecule has 3 aromatic carbocycles. The molecule has 0 amide bonds. The van der Waals surface area contributed by atoms with E-state index in [0.717, 1.165) is 26.4 Å². The number of fused-ring (bicyclic) bond motifs is 1. The van der Waals surface area contributed by atoms with Crippen LogP contribution in [0.5, 0.6) is 0 Å². The quantitative estimate of drug-likeness (QED) is 0.550. The van der Waals surface area contributed by atoms with Gasteiger partial charge in [0.05, 0.1) is 0 Å². The molecule has 21 heavy (non-hydrogen) atoms. The molecular weight excluding hydrogens is 348 g/mol. The van der Waals surface area contributed by atoms with Crippen molar-refractivity contribution in [3.8, 4) is 0 Å². The minimum absolute atomic E-state index is 0.0797. The zero-order valence-corrected chi connectivity index (χ0v) is 13.5. The molecule has 0 aliphatic heterocycles. The summed E-state index contributed by atoms with van der Waals surface area (Å²) in [5.74, 6) is 0.0797. The smallest absolute Gasteiger partial charge is 0.167 e. The highest BCUT2D eigenvalue weighted by Gasteiger charge is 2.12. The molecule has 3 rings (SSSR count). The number of benzene rings is 3. The van der Waals surface area contributed by atoms with E-state index < -0.39 is 0 Å². The first-order chi connectivity index (χ1) is 10.1. The van der Waals surface area contributed by atoms with Gasteiger partial charge in [0.1, 0.15) is 0 Å². The molecule has 0 N–H and O–H groups in total. The Balaban J connectivity index is 1.97. The standard InChI is InChI=1S/C18H12BrClO/c19-14-9-8-13(17(20)11-14)10-18(21)16-7-3-5-12-4-1-2-6-15(12)16/h1-9,11H,10H2. The molecule has 0 aliphatic carbocycles. The molecule has 0 fully saturated rings. The van der Waals surface area contributed by atoms with Crippen LogP contribution < -0.4 is 0 Å². The van der Waals surface area contributed by atoms with Crippen molar-refractivity contribution >= 4 is 44.1 Å². The third-order valence-corrected chi connectivity index (χ3v) is 4.30. The Hall–Kier alpha value is -1.64. The van der Waals surface area contributed by atoms with Crippen LogP contribution in [0.4, 0.5) is 0 Å². The lowest BCUT2D eigenvalue weighted by Crippen LogP contribution is -2.04. The normalized spacial score (nSPS) is 10.8. The maximum atomic E-state index is 12.6. The molecule has 0 unspecified atom stereocenters. The van der Waals surface area contributed by atoms with Crippen LogP contribution in [0.25, 0.3) is 10.8 Å².